The lowest BCUT2D eigenvalue weighted by Gasteiger charge is -2.44. The lowest BCUT2D eigenvalue weighted by molar-refractivity contribution is -0.0375. The molecule has 1 aliphatic carbocycles. The van der Waals surface area contributed by atoms with E-state index in [0.717, 1.165) is 38.6 Å². The summed E-state index contributed by atoms with van der Waals surface area (Å²) in [6.07, 6.45) is 11.5. The molecule has 4 aromatic rings. The lowest BCUT2D eigenvalue weighted by atomic mass is 9.76. The third kappa shape index (κ3) is 7.28. The number of pyridine rings is 1. The summed E-state index contributed by atoms with van der Waals surface area (Å²) in [5, 5.41) is 20.9. The first-order valence-corrected chi connectivity index (χ1v) is 17.9. The van der Waals surface area contributed by atoms with E-state index in [0.29, 0.717) is 11.4 Å². The summed E-state index contributed by atoms with van der Waals surface area (Å²) in [5.74, 6) is -3.39. The van der Waals surface area contributed by atoms with E-state index in [1.165, 1.54) is 35.4 Å². The number of piperidine rings is 2. The van der Waals surface area contributed by atoms with Crippen LogP contribution in [0.15, 0.2) is 30.5 Å². The molecule has 0 spiro atoms. The molecule has 12 heteroatoms. The number of fused-ring (bicyclic) bond motifs is 3. The number of hydrogen-bond acceptors (Lipinski definition) is 8. The van der Waals surface area contributed by atoms with Crippen LogP contribution in [0.3, 0.4) is 0 Å². The maximum Gasteiger partial charge on any atom is 0.319 e. The zero-order chi connectivity index (χ0) is 37.1. The number of anilines is 1. The second-order valence-corrected chi connectivity index (χ2v) is 13.3. The summed E-state index contributed by atoms with van der Waals surface area (Å²) >= 11 is 0. The van der Waals surface area contributed by atoms with Crippen LogP contribution in [0.1, 0.15) is 71.8 Å². The summed E-state index contributed by atoms with van der Waals surface area (Å²) in [5.41, 5.74) is -0.724. The molecule has 4 heterocycles. The molecule has 3 aliphatic rings. The predicted molar refractivity (Wildman–Crippen MR) is 192 cm³/mol. The topological polar surface area (TPSA) is 94.8 Å². The minimum atomic E-state index is -3.13. The van der Waals surface area contributed by atoms with Crippen LogP contribution in [0.4, 0.5) is 23.4 Å². The lowest BCUT2D eigenvalue weighted by Crippen LogP contribution is -2.50. The van der Waals surface area contributed by atoms with Crippen molar-refractivity contribution in [2.45, 2.75) is 78.2 Å². The van der Waals surface area contributed by atoms with Crippen LogP contribution in [0.2, 0.25) is 0 Å². The second-order valence-electron chi connectivity index (χ2n) is 13.3. The molecule has 274 valence electrons. The van der Waals surface area contributed by atoms with Crippen molar-refractivity contribution in [3.63, 3.8) is 0 Å². The molecule has 1 saturated carbocycles. The minimum absolute atomic E-state index is 0.0122. The number of benzene rings is 2. The van der Waals surface area contributed by atoms with E-state index in [9.17, 15) is 23.4 Å². The van der Waals surface area contributed by atoms with Gasteiger partial charge in [-0.15, -0.1) is 6.42 Å². The third-order valence-electron chi connectivity index (χ3n) is 10.2. The maximum absolute atomic E-state index is 16.8. The number of likely N-dealkylation sites (tertiary alicyclic amines) is 1. The van der Waals surface area contributed by atoms with Crippen LogP contribution in [-0.4, -0.2) is 81.9 Å². The van der Waals surface area contributed by atoms with Gasteiger partial charge < -0.3 is 24.7 Å². The summed E-state index contributed by atoms with van der Waals surface area (Å²) < 4.78 is 67.7. The fraction of sp³-hybridized carbons (Fsp3) is 0.513. The fourth-order valence-corrected chi connectivity index (χ4v) is 8.14. The number of terminal acetylenes is 1. The Morgan fingerprint density at radius 1 is 1.08 bits per heavy atom. The number of halogens is 4. The van der Waals surface area contributed by atoms with Gasteiger partial charge in [0.25, 0.3) is 5.92 Å². The highest BCUT2D eigenvalue weighted by Crippen LogP contribution is 2.48. The Hall–Kier alpha value is -4.21. The van der Waals surface area contributed by atoms with Gasteiger partial charge in [0.05, 0.1) is 24.1 Å². The average molecular weight is 710 g/mol. The molecular formula is C39H47F4N5O3. The highest BCUT2D eigenvalue weighted by molar-refractivity contribution is 6.03. The monoisotopic (exact) mass is 709 g/mol. The molecule has 3 unspecified atom stereocenters. The van der Waals surface area contributed by atoms with E-state index >= 15 is 4.39 Å². The van der Waals surface area contributed by atoms with Crippen molar-refractivity contribution in [1.82, 2.24) is 19.9 Å². The average Bonchev–Trinajstić information content (AvgIpc) is 3.57. The number of aliphatic hydroxyl groups excluding tert-OH is 1. The van der Waals surface area contributed by atoms with Crippen molar-refractivity contribution in [3.05, 3.63) is 47.7 Å². The number of phenols is 1. The Morgan fingerprint density at radius 2 is 1.82 bits per heavy atom. The van der Waals surface area contributed by atoms with Crippen LogP contribution in [0.5, 0.6) is 11.8 Å². The largest absolute Gasteiger partial charge is 0.508 e. The van der Waals surface area contributed by atoms with Gasteiger partial charge in [-0.3, -0.25) is 4.98 Å². The molecule has 51 heavy (non-hydrogen) atoms. The van der Waals surface area contributed by atoms with E-state index in [1.807, 2.05) is 27.7 Å². The molecule has 2 saturated heterocycles. The number of phenolic OH excluding ortho intramolecular Hbond substituents is 1. The van der Waals surface area contributed by atoms with Gasteiger partial charge in [0.2, 0.25) is 0 Å². The number of aliphatic hydroxyl groups is 1. The van der Waals surface area contributed by atoms with Crippen molar-refractivity contribution in [2.24, 2.45) is 11.3 Å². The molecule has 7 rings (SSSR count). The van der Waals surface area contributed by atoms with Gasteiger partial charge in [-0.25, -0.2) is 17.6 Å². The number of aromatic hydroxyl groups is 1. The molecule has 0 amide bonds. The molecule has 2 N–H and O–H groups in total. The van der Waals surface area contributed by atoms with Crippen molar-refractivity contribution in [2.75, 3.05) is 44.8 Å². The van der Waals surface area contributed by atoms with Crippen molar-refractivity contribution in [3.8, 4) is 35.4 Å². The molecule has 3 atom stereocenters. The second kappa shape index (κ2) is 15.6. The molecule has 2 aliphatic heterocycles. The number of hydrogen-bond donors (Lipinski definition) is 2. The number of ether oxygens (including phenoxy) is 1. The van der Waals surface area contributed by atoms with Gasteiger partial charge in [0, 0.05) is 54.1 Å². The van der Waals surface area contributed by atoms with Gasteiger partial charge in [-0.2, -0.15) is 9.97 Å². The number of alkyl halides is 2. The van der Waals surface area contributed by atoms with E-state index < -0.39 is 43.0 Å². The van der Waals surface area contributed by atoms with Crippen LogP contribution in [-0.2, 0) is 0 Å². The summed E-state index contributed by atoms with van der Waals surface area (Å²) in [6, 6.07) is 5.38. The Kier molecular flexibility index (Phi) is 11.6. The van der Waals surface area contributed by atoms with Crippen molar-refractivity contribution >= 4 is 27.5 Å². The normalized spacial score (nSPS) is 22.7. The van der Waals surface area contributed by atoms with Crippen molar-refractivity contribution in [1.29, 1.82) is 0 Å². The summed E-state index contributed by atoms with van der Waals surface area (Å²) in [6.45, 7) is 8.18. The highest BCUT2D eigenvalue weighted by Gasteiger charge is 2.47. The third-order valence-corrected chi connectivity index (χ3v) is 10.2. The van der Waals surface area contributed by atoms with Gasteiger partial charge in [0.15, 0.2) is 5.82 Å². The fourth-order valence-electron chi connectivity index (χ4n) is 8.14. The standard InChI is InChI=1S/C35H35F4N5O3.2C2H6/c1-3-23-26(36)8-7-21-12-22(46)13-24(28(21)23)30-29(37)31-25(15-40-30)32(44-16-20(17-45)14-35(38,39)18-44)42-33(41-31)47-19-34-9-4-6-27(34)43(2)11-5-10-34;2*1-2/h1,7-8,12-13,15,20,27,45-46H,4-6,9-11,14,16-19H2,2H3;2*1-2H3. The SMILES string of the molecule is C#Cc1c(F)ccc2cc(O)cc(-c3ncc4c(N5CC(CO)CC(F)(F)C5)nc(OCC56CCCC5N(C)CCC6)nc4c3F)c12.CC.CC. The van der Waals surface area contributed by atoms with Crippen LogP contribution in [0.25, 0.3) is 32.9 Å². The Labute approximate surface area is 296 Å². The van der Waals surface area contributed by atoms with Crippen LogP contribution in [0, 0.1) is 35.3 Å². The first kappa shape index (κ1) is 38.0. The Morgan fingerprint density at radius 3 is 2.55 bits per heavy atom. The first-order chi connectivity index (χ1) is 24.5. The van der Waals surface area contributed by atoms with Gasteiger partial charge in [0.1, 0.15) is 28.6 Å². The molecule has 2 aromatic heterocycles. The molecule has 2 aromatic carbocycles. The predicted octanol–water partition coefficient (Wildman–Crippen LogP) is 7.96. The van der Waals surface area contributed by atoms with E-state index in [-0.39, 0.29) is 69.3 Å². The molecular weight excluding hydrogens is 662 g/mol. The van der Waals surface area contributed by atoms with Gasteiger partial charge in [-0.05, 0) is 62.9 Å². The molecule has 8 nitrogen and oxygen atoms in total. The zero-order valence-corrected chi connectivity index (χ0v) is 29.9. The number of nitrogens with zero attached hydrogens (tertiary/aromatic N) is 5. The number of rotatable bonds is 6. The quantitative estimate of drug-likeness (QED) is 0.154. The minimum Gasteiger partial charge on any atom is -0.508 e. The summed E-state index contributed by atoms with van der Waals surface area (Å²) in [7, 11) is 2.11. The van der Waals surface area contributed by atoms with Crippen molar-refractivity contribution < 1.29 is 32.5 Å². The van der Waals surface area contributed by atoms with E-state index in [4.69, 9.17) is 11.2 Å². The molecule has 0 bridgehead atoms. The van der Waals surface area contributed by atoms with E-state index in [2.05, 4.69) is 32.8 Å². The summed E-state index contributed by atoms with van der Waals surface area (Å²) in [4.78, 5) is 17.0. The highest BCUT2D eigenvalue weighted by atomic mass is 19.3. The smallest absolute Gasteiger partial charge is 0.319 e. The first-order valence-electron chi connectivity index (χ1n) is 17.9. The van der Waals surface area contributed by atoms with Gasteiger partial charge in [-0.1, -0.05) is 46.1 Å². The molecule has 0 radical (unpaired) electrons. The van der Waals surface area contributed by atoms with Crippen LogP contribution >= 0.6 is 0 Å². The van der Waals surface area contributed by atoms with Gasteiger partial charge >= 0.3 is 6.01 Å². The molecule has 3 fully saturated rings. The van der Waals surface area contributed by atoms with E-state index in [1.54, 1.807) is 0 Å². The number of aromatic nitrogens is 3. The Balaban J connectivity index is 0.00000122. The zero-order valence-electron chi connectivity index (χ0n) is 29.9. The van der Waals surface area contributed by atoms with Crippen LogP contribution < -0.4 is 9.64 Å². The maximum atomic E-state index is 16.8. The Bertz CT molecular complexity index is 1920.